The Bertz CT molecular complexity index is 913. The van der Waals surface area contributed by atoms with Gasteiger partial charge in [0.05, 0.1) is 12.0 Å². The van der Waals surface area contributed by atoms with E-state index in [1.54, 1.807) is 4.90 Å². The van der Waals surface area contributed by atoms with Crippen molar-refractivity contribution < 1.29 is 28.7 Å². The maximum absolute atomic E-state index is 14.6. The molecule has 1 fully saturated rings. The number of likely N-dealkylation sites (tertiary alicyclic amines) is 1. The van der Waals surface area contributed by atoms with Gasteiger partial charge in [-0.1, -0.05) is 50.1 Å². The normalized spacial score (nSPS) is 16.9. The van der Waals surface area contributed by atoms with Crippen LogP contribution in [-0.2, 0) is 25.6 Å². The molecular formula is C27H41FN4O5. The second-order valence-electron chi connectivity index (χ2n) is 10.4. The Hall–Kier alpha value is -3.01. The molecule has 1 saturated heterocycles. The highest BCUT2D eigenvalue weighted by Gasteiger charge is 2.35. The van der Waals surface area contributed by atoms with Crippen molar-refractivity contribution in [1.82, 2.24) is 15.5 Å². The smallest absolute Gasteiger partial charge is 0.306 e. The summed E-state index contributed by atoms with van der Waals surface area (Å²) in [5.41, 5.74) is 5.16. The van der Waals surface area contributed by atoms with Crippen LogP contribution >= 0.6 is 0 Å². The number of aliphatic carboxylic acids is 1. The van der Waals surface area contributed by atoms with E-state index in [2.05, 4.69) is 10.6 Å². The summed E-state index contributed by atoms with van der Waals surface area (Å²) in [6.45, 7) is 5.18. The van der Waals surface area contributed by atoms with E-state index in [0.29, 0.717) is 38.8 Å². The molecule has 0 bridgehead atoms. The van der Waals surface area contributed by atoms with E-state index in [1.165, 1.54) is 13.8 Å². The number of amides is 3. The fourth-order valence-electron chi connectivity index (χ4n) is 4.44. The number of carbonyl (C=O) groups is 4. The summed E-state index contributed by atoms with van der Waals surface area (Å²) in [6, 6.07) is 6.19. The molecule has 0 saturated carbocycles. The topological polar surface area (TPSA) is 142 Å². The zero-order chi connectivity index (χ0) is 27.6. The minimum absolute atomic E-state index is 0.254. The number of hydrogen-bond donors (Lipinski definition) is 4. The zero-order valence-electron chi connectivity index (χ0n) is 22.0. The number of piperidine rings is 1. The van der Waals surface area contributed by atoms with Gasteiger partial charge in [0.15, 0.2) is 0 Å². The zero-order valence-corrected chi connectivity index (χ0v) is 22.0. The fraction of sp³-hybridized carbons (Fsp3) is 0.630. The van der Waals surface area contributed by atoms with E-state index >= 15 is 0 Å². The van der Waals surface area contributed by atoms with Gasteiger partial charge in [-0.2, -0.15) is 0 Å². The van der Waals surface area contributed by atoms with Crippen molar-refractivity contribution in [2.75, 3.05) is 13.1 Å². The van der Waals surface area contributed by atoms with Crippen molar-refractivity contribution in [3.63, 3.8) is 0 Å². The van der Waals surface area contributed by atoms with E-state index in [9.17, 15) is 28.7 Å². The van der Waals surface area contributed by atoms with Crippen LogP contribution in [0.1, 0.15) is 64.9 Å². The Morgan fingerprint density at radius 1 is 1.08 bits per heavy atom. The van der Waals surface area contributed by atoms with Gasteiger partial charge in [0, 0.05) is 19.5 Å². The number of carboxylic acid groups (broad SMARTS) is 1. The Kier molecular flexibility index (Phi) is 11.5. The number of carboxylic acids is 1. The molecule has 1 aliphatic heterocycles. The number of carbonyl (C=O) groups excluding carboxylic acids is 3. The molecule has 0 radical (unpaired) electrons. The predicted octanol–water partition coefficient (Wildman–Crippen LogP) is 2.18. The summed E-state index contributed by atoms with van der Waals surface area (Å²) >= 11 is 0. The van der Waals surface area contributed by atoms with E-state index in [0.717, 1.165) is 12.0 Å². The molecule has 1 unspecified atom stereocenters. The van der Waals surface area contributed by atoms with Gasteiger partial charge in [-0.3, -0.25) is 19.2 Å². The molecule has 9 nitrogen and oxygen atoms in total. The third kappa shape index (κ3) is 10.1. The number of rotatable bonds is 13. The number of nitrogens with two attached hydrogens (primary N) is 1. The van der Waals surface area contributed by atoms with E-state index in [1.807, 2.05) is 37.3 Å². The molecule has 0 aliphatic carbocycles. The summed E-state index contributed by atoms with van der Waals surface area (Å²) < 4.78 is 14.6. The molecule has 5 N–H and O–H groups in total. The average molecular weight is 521 g/mol. The van der Waals surface area contributed by atoms with E-state index < -0.39 is 47.5 Å². The van der Waals surface area contributed by atoms with Gasteiger partial charge in [-0.25, -0.2) is 4.39 Å². The number of halogens is 1. The van der Waals surface area contributed by atoms with Crippen LogP contribution in [0.2, 0.25) is 0 Å². The standard InChI is InChI=1S/C27H41FN4O5/c1-4-5-11-21(25(35)32-14-12-19(13-15-32)26(36)37)30-24(34)22(17-27(2,3)28)31-23(33)20(29)16-18-9-7-6-8-10-18/h6-10,19-22H,4-5,11-17,29H2,1-3H3,(H,30,34)(H,31,33)(H,36,37)/t20-,21?,22-/m1/s1. The summed E-state index contributed by atoms with van der Waals surface area (Å²) in [5, 5.41) is 14.5. The monoisotopic (exact) mass is 520 g/mol. The van der Waals surface area contributed by atoms with Gasteiger partial charge in [-0.15, -0.1) is 0 Å². The highest BCUT2D eigenvalue weighted by molar-refractivity contribution is 5.93. The van der Waals surface area contributed by atoms with Crippen LogP contribution in [-0.4, -0.2) is 70.6 Å². The van der Waals surface area contributed by atoms with Gasteiger partial charge in [0.2, 0.25) is 17.7 Å². The summed E-state index contributed by atoms with van der Waals surface area (Å²) in [6.07, 6.45) is 2.52. The molecular weight excluding hydrogens is 479 g/mol. The van der Waals surface area contributed by atoms with Gasteiger partial charge < -0.3 is 26.4 Å². The van der Waals surface area contributed by atoms with Crippen LogP contribution in [0.3, 0.4) is 0 Å². The molecule has 37 heavy (non-hydrogen) atoms. The Morgan fingerprint density at radius 2 is 1.68 bits per heavy atom. The lowest BCUT2D eigenvalue weighted by atomic mass is 9.96. The van der Waals surface area contributed by atoms with Crippen molar-refractivity contribution >= 4 is 23.7 Å². The molecule has 3 amide bonds. The first-order valence-corrected chi connectivity index (χ1v) is 13.0. The third-order valence-electron chi connectivity index (χ3n) is 6.57. The first kappa shape index (κ1) is 30.2. The average Bonchev–Trinajstić information content (AvgIpc) is 2.85. The van der Waals surface area contributed by atoms with Crippen LogP contribution in [0, 0.1) is 5.92 Å². The molecule has 0 spiro atoms. The van der Waals surface area contributed by atoms with Gasteiger partial charge >= 0.3 is 5.97 Å². The lowest BCUT2D eigenvalue weighted by molar-refractivity contribution is -0.146. The van der Waals surface area contributed by atoms with Gasteiger partial charge in [0.25, 0.3) is 0 Å². The van der Waals surface area contributed by atoms with Crippen molar-refractivity contribution in [3.8, 4) is 0 Å². The first-order chi connectivity index (χ1) is 17.4. The van der Waals surface area contributed by atoms with Crippen LogP contribution in [0.4, 0.5) is 4.39 Å². The largest absolute Gasteiger partial charge is 0.481 e. The first-order valence-electron chi connectivity index (χ1n) is 13.0. The maximum atomic E-state index is 14.6. The lowest BCUT2D eigenvalue weighted by Crippen LogP contribution is -2.58. The van der Waals surface area contributed by atoms with Crippen LogP contribution in [0.15, 0.2) is 30.3 Å². The van der Waals surface area contributed by atoms with Crippen LogP contribution in [0.5, 0.6) is 0 Å². The highest BCUT2D eigenvalue weighted by Crippen LogP contribution is 2.20. The second-order valence-corrected chi connectivity index (χ2v) is 10.4. The minimum Gasteiger partial charge on any atom is -0.481 e. The summed E-state index contributed by atoms with van der Waals surface area (Å²) in [5.74, 6) is -2.89. The minimum atomic E-state index is -1.76. The number of unbranched alkanes of at least 4 members (excludes halogenated alkanes) is 1. The molecule has 1 aliphatic rings. The number of benzene rings is 1. The number of hydrogen-bond acceptors (Lipinski definition) is 5. The maximum Gasteiger partial charge on any atom is 0.306 e. The quantitative estimate of drug-likeness (QED) is 0.314. The fourth-order valence-corrected chi connectivity index (χ4v) is 4.44. The highest BCUT2D eigenvalue weighted by atomic mass is 19.1. The van der Waals surface area contributed by atoms with Gasteiger partial charge in [0.1, 0.15) is 17.8 Å². The van der Waals surface area contributed by atoms with Crippen molar-refractivity contribution in [2.24, 2.45) is 11.7 Å². The second kappa shape index (κ2) is 14.1. The van der Waals surface area contributed by atoms with Crippen molar-refractivity contribution in [1.29, 1.82) is 0 Å². The Labute approximate surface area is 218 Å². The molecule has 3 atom stereocenters. The summed E-state index contributed by atoms with van der Waals surface area (Å²) in [7, 11) is 0. The Morgan fingerprint density at radius 3 is 2.22 bits per heavy atom. The molecule has 0 aromatic heterocycles. The molecule has 10 heteroatoms. The van der Waals surface area contributed by atoms with Crippen LogP contribution in [0.25, 0.3) is 0 Å². The molecule has 1 heterocycles. The molecule has 1 aromatic carbocycles. The van der Waals surface area contributed by atoms with Crippen molar-refractivity contribution in [2.45, 2.75) is 89.5 Å². The summed E-state index contributed by atoms with van der Waals surface area (Å²) in [4.78, 5) is 52.1. The van der Waals surface area contributed by atoms with Gasteiger partial charge in [-0.05, 0) is 45.1 Å². The van der Waals surface area contributed by atoms with Crippen LogP contribution < -0.4 is 16.4 Å². The molecule has 206 valence electrons. The number of nitrogens with zero attached hydrogens (tertiary/aromatic N) is 1. The SMILES string of the molecule is CCCCC(NC(=O)[C@@H](CC(C)(C)F)NC(=O)[C@H](N)Cc1ccccc1)C(=O)N1CCC(C(=O)O)CC1. The van der Waals surface area contributed by atoms with E-state index in [-0.39, 0.29) is 18.7 Å². The lowest BCUT2D eigenvalue weighted by Gasteiger charge is -2.34. The predicted molar refractivity (Wildman–Crippen MR) is 138 cm³/mol. The van der Waals surface area contributed by atoms with Crippen molar-refractivity contribution in [3.05, 3.63) is 35.9 Å². The molecule has 2 rings (SSSR count). The number of nitrogens with one attached hydrogen (secondary N) is 2. The number of alkyl halides is 1. The third-order valence-corrected chi connectivity index (χ3v) is 6.57. The van der Waals surface area contributed by atoms with E-state index in [4.69, 9.17) is 5.73 Å². The molecule has 1 aromatic rings. The Balaban J connectivity index is 2.10.